The summed E-state index contributed by atoms with van der Waals surface area (Å²) in [5.41, 5.74) is 1.36. The third-order valence-electron chi connectivity index (χ3n) is 5.66. The predicted molar refractivity (Wildman–Crippen MR) is 130 cm³/mol. The Kier molecular flexibility index (Phi) is 7.46. The molecule has 0 spiro atoms. The first kappa shape index (κ1) is 23.5. The topological polar surface area (TPSA) is 40.6 Å². The van der Waals surface area contributed by atoms with Gasteiger partial charge >= 0.3 is 0 Å². The number of rotatable bonds is 9. The summed E-state index contributed by atoms with van der Waals surface area (Å²) in [6, 6.07) is 17.0. The Morgan fingerprint density at radius 3 is 2.27 bits per heavy atom. The molecule has 2 amide bonds. The summed E-state index contributed by atoms with van der Waals surface area (Å²) in [4.78, 5) is 32.3. The molecule has 1 saturated carbocycles. The zero-order valence-corrected chi connectivity index (χ0v) is 20.0. The van der Waals surface area contributed by atoms with Crippen molar-refractivity contribution >= 4 is 34.8 Å². The summed E-state index contributed by atoms with van der Waals surface area (Å²) in [5.74, 6) is -0.164. The van der Waals surface area contributed by atoms with Crippen LogP contribution in [0.3, 0.4) is 0 Å². The molecule has 7 heteroatoms. The lowest BCUT2D eigenvalue weighted by molar-refractivity contribution is -0.133. The van der Waals surface area contributed by atoms with Gasteiger partial charge in [0.05, 0.1) is 6.54 Å². The lowest BCUT2D eigenvalue weighted by Crippen LogP contribution is -2.43. The molecule has 0 atom stereocenters. The van der Waals surface area contributed by atoms with Crippen LogP contribution in [0.25, 0.3) is 0 Å². The van der Waals surface area contributed by atoms with Crippen molar-refractivity contribution in [3.63, 3.8) is 0 Å². The Labute approximate surface area is 202 Å². The van der Waals surface area contributed by atoms with E-state index in [1.54, 1.807) is 57.5 Å². The molecule has 2 aromatic carbocycles. The largest absolute Gasteiger partial charge is 0.332 e. The van der Waals surface area contributed by atoms with Gasteiger partial charge in [-0.05, 0) is 79.8 Å². The summed E-state index contributed by atoms with van der Waals surface area (Å²) in [7, 11) is 0. The van der Waals surface area contributed by atoms with Gasteiger partial charge in [0.1, 0.15) is 12.4 Å². The summed E-state index contributed by atoms with van der Waals surface area (Å²) in [5, 5.41) is 0.563. The molecule has 0 unspecified atom stereocenters. The number of amides is 2. The summed E-state index contributed by atoms with van der Waals surface area (Å²) < 4.78 is 13.4. The molecule has 0 aliphatic heterocycles. The van der Waals surface area contributed by atoms with E-state index in [0.29, 0.717) is 36.1 Å². The second-order valence-corrected chi connectivity index (χ2v) is 10.3. The maximum atomic E-state index is 13.5. The lowest BCUT2D eigenvalue weighted by atomic mass is 10.1. The first-order chi connectivity index (χ1) is 15.9. The van der Waals surface area contributed by atoms with Gasteiger partial charge in [0.25, 0.3) is 5.91 Å². The molecule has 172 valence electrons. The highest BCUT2D eigenvalue weighted by atomic mass is 35.5. The number of carbonyl (C=O) groups is 2. The standard InChI is InChI=1S/C26H26ClFN2O2S/c1-18-2-13-24(33-18)16-29(14-20-5-11-23(28)12-6-20)25(31)17-30(15-19-3-4-19)26(32)21-7-9-22(27)10-8-21/h2,5-13,19H,3-4,14-17H2,1H3. The van der Waals surface area contributed by atoms with E-state index in [-0.39, 0.29) is 24.2 Å². The molecular formula is C26H26ClFN2O2S. The van der Waals surface area contributed by atoms with E-state index in [0.717, 1.165) is 23.3 Å². The molecule has 0 bridgehead atoms. The molecule has 0 N–H and O–H groups in total. The molecule has 33 heavy (non-hydrogen) atoms. The van der Waals surface area contributed by atoms with E-state index in [1.165, 1.54) is 17.0 Å². The van der Waals surface area contributed by atoms with Gasteiger partial charge in [-0.25, -0.2) is 4.39 Å². The molecular weight excluding hydrogens is 459 g/mol. The maximum Gasteiger partial charge on any atom is 0.254 e. The number of hydrogen-bond acceptors (Lipinski definition) is 3. The van der Waals surface area contributed by atoms with E-state index < -0.39 is 0 Å². The Bertz CT molecular complexity index is 1110. The van der Waals surface area contributed by atoms with Crippen molar-refractivity contribution < 1.29 is 14.0 Å². The van der Waals surface area contributed by atoms with Gasteiger partial charge in [0, 0.05) is 33.4 Å². The minimum absolute atomic E-state index is 0.00348. The highest BCUT2D eigenvalue weighted by molar-refractivity contribution is 7.11. The fourth-order valence-corrected chi connectivity index (χ4v) is 4.70. The predicted octanol–water partition coefficient (Wildman–Crippen LogP) is 5.93. The summed E-state index contributed by atoms with van der Waals surface area (Å²) in [6.07, 6.45) is 2.15. The minimum atomic E-state index is -0.310. The van der Waals surface area contributed by atoms with E-state index in [2.05, 4.69) is 0 Å². The second kappa shape index (κ2) is 10.5. The smallest absolute Gasteiger partial charge is 0.254 e. The van der Waals surface area contributed by atoms with Crippen molar-refractivity contribution in [2.45, 2.75) is 32.9 Å². The molecule has 1 aliphatic rings. The van der Waals surface area contributed by atoms with Crippen molar-refractivity contribution in [2.24, 2.45) is 5.92 Å². The van der Waals surface area contributed by atoms with Crippen LogP contribution in [-0.4, -0.2) is 34.7 Å². The SMILES string of the molecule is Cc1ccc(CN(Cc2ccc(F)cc2)C(=O)CN(CC2CC2)C(=O)c2ccc(Cl)cc2)s1. The molecule has 0 saturated heterocycles. The van der Waals surface area contributed by atoms with Gasteiger partial charge in [-0.15, -0.1) is 11.3 Å². The number of aryl methyl sites for hydroxylation is 1. The summed E-state index contributed by atoms with van der Waals surface area (Å²) >= 11 is 7.62. The Balaban J connectivity index is 1.53. The van der Waals surface area contributed by atoms with E-state index in [1.807, 2.05) is 19.1 Å². The van der Waals surface area contributed by atoms with Crippen LogP contribution < -0.4 is 0 Å². The van der Waals surface area contributed by atoms with Crippen LogP contribution in [0.2, 0.25) is 5.02 Å². The van der Waals surface area contributed by atoms with Crippen molar-refractivity contribution in [1.29, 1.82) is 0 Å². The number of nitrogens with zero attached hydrogens (tertiary/aromatic N) is 2. The maximum absolute atomic E-state index is 13.5. The van der Waals surface area contributed by atoms with Crippen LogP contribution in [0, 0.1) is 18.7 Å². The van der Waals surface area contributed by atoms with Crippen LogP contribution in [0.1, 0.15) is 38.5 Å². The molecule has 0 radical (unpaired) electrons. The first-order valence-corrected chi connectivity index (χ1v) is 12.2. The van der Waals surface area contributed by atoms with Crippen molar-refractivity contribution in [1.82, 2.24) is 9.80 Å². The zero-order chi connectivity index (χ0) is 23.4. The van der Waals surface area contributed by atoms with Crippen molar-refractivity contribution in [3.05, 3.63) is 92.4 Å². The Morgan fingerprint density at radius 1 is 0.970 bits per heavy atom. The van der Waals surface area contributed by atoms with Gasteiger partial charge in [-0.3, -0.25) is 9.59 Å². The zero-order valence-electron chi connectivity index (χ0n) is 18.5. The molecule has 1 heterocycles. The highest BCUT2D eigenvalue weighted by Crippen LogP contribution is 2.30. The second-order valence-electron chi connectivity index (χ2n) is 8.52. The number of halogens is 2. The average Bonchev–Trinajstić information content (AvgIpc) is 3.53. The first-order valence-electron chi connectivity index (χ1n) is 11.0. The molecule has 1 aromatic heterocycles. The van der Waals surface area contributed by atoms with Gasteiger partial charge in [-0.1, -0.05) is 23.7 Å². The van der Waals surface area contributed by atoms with Crippen LogP contribution in [0.5, 0.6) is 0 Å². The third-order valence-corrected chi connectivity index (χ3v) is 6.90. The molecule has 1 aliphatic carbocycles. The van der Waals surface area contributed by atoms with E-state index >= 15 is 0 Å². The fraction of sp³-hybridized carbons (Fsp3) is 0.308. The van der Waals surface area contributed by atoms with Gasteiger partial charge < -0.3 is 9.80 Å². The van der Waals surface area contributed by atoms with Crippen LogP contribution in [0.15, 0.2) is 60.7 Å². The average molecular weight is 485 g/mol. The molecule has 4 rings (SSSR count). The lowest BCUT2D eigenvalue weighted by Gasteiger charge is -2.28. The number of carbonyl (C=O) groups excluding carboxylic acids is 2. The quantitative estimate of drug-likeness (QED) is 0.377. The Hall–Kier alpha value is -2.70. The van der Waals surface area contributed by atoms with Crippen LogP contribution in [-0.2, 0) is 17.9 Å². The van der Waals surface area contributed by atoms with E-state index in [4.69, 9.17) is 11.6 Å². The highest BCUT2D eigenvalue weighted by Gasteiger charge is 2.30. The monoisotopic (exact) mass is 484 g/mol. The van der Waals surface area contributed by atoms with Crippen LogP contribution >= 0.6 is 22.9 Å². The molecule has 1 fully saturated rings. The minimum Gasteiger partial charge on any atom is -0.332 e. The van der Waals surface area contributed by atoms with Gasteiger partial charge in [0.2, 0.25) is 5.91 Å². The van der Waals surface area contributed by atoms with Crippen molar-refractivity contribution in [2.75, 3.05) is 13.1 Å². The number of thiophene rings is 1. The molecule has 3 aromatic rings. The third kappa shape index (κ3) is 6.65. The van der Waals surface area contributed by atoms with Crippen molar-refractivity contribution in [3.8, 4) is 0 Å². The molecule has 4 nitrogen and oxygen atoms in total. The normalized spacial score (nSPS) is 13.1. The van der Waals surface area contributed by atoms with E-state index in [9.17, 15) is 14.0 Å². The fourth-order valence-electron chi connectivity index (χ4n) is 3.67. The summed E-state index contributed by atoms with van der Waals surface area (Å²) in [6.45, 7) is 3.39. The van der Waals surface area contributed by atoms with Gasteiger partial charge in [0.15, 0.2) is 0 Å². The number of benzene rings is 2. The van der Waals surface area contributed by atoms with Gasteiger partial charge in [-0.2, -0.15) is 0 Å². The van der Waals surface area contributed by atoms with Crippen LogP contribution in [0.4, 0.5) is 4.39 Å². The number of hydrogen-bond donors (Lipinski definition) is 0. The Morgan fingerprint density at radius 2 is 1.67 bits per heavy atom.